The van der Waals surface area contributed by atoms with E-state index in [-0.39, 0.29) is 5.91 Å². The molecule has 0 atom stereocenters. The van der Waals surface area contributed by atoms with Gasteiger partial charge in [-0.15, -0.1) is 0 Å². The van der Waals surface area contributed by atoms with Crippen molar-refractivity contribution in [1.29, 1.82) is 0 Å². The molecule has 1 saturated carbocycles. The van der Waals surface area contributed by atoms with E-state index in [9.17, 15) is 9.18 Å². The molecule has 1 aliphatic rings. The maximum atomic E-state index is 12.9. The molecule has 0 aliphatic heterocycles. The maximum absolute atomic E-state index is 12.9. The van der Waals surface area contributed by atoms with Gasteiger partial charge in [0.2, 0.25) is 5.95 Å². The lowest BCUT2D eigenvalue weighted by atomic mass is 10.1. The second-order valence-corrected chi connectivity index (χ2v) is 5.61. The highest BCUT2D eigenvalue weighted by atomic mass is 19.1. The van der Waals surface area contributed by atoms with Gasteiger partial charge >= 0.3 is 0 Å². The predicted octanol–water partition coefficient (Wildman–Crippen LogP) is 2.17. The van der Waals surface area contributed by atoms with Crippen LogP contribution in [-0.4, -0.2) is 53.9 Å². The molecule has 0 aromatic carbocycles. The van der Waals surface area contributed by atoms with Crippen molar-refractivity contribution < 1.29 is 9.18 Å². The van der Waals surface area contributed by atoms with E-state index in [0.717, 1.165) is 19.4 Å². The molecule has 110 valence electrons. The molecule has 0 saturated heterocycles. The zero-order chi connectivity index (χ0) is 14.5. The first kappa shape index (κ1) is 14.9. The van der Waals surface area contributed by atoms with Gasteiger partial charge in [0.05, 0.1) is 5.56 Å². The molecule has 2 rings (SSSR count). The number of hydrogen-bond donors (Lipinski definition) is 0. The lowest BCUT2D eigenvalue weighted by molar-refractivity contribution is 0.0667. The molecule has 0 radical (unpaired) electrons. The first-order valence-corrected chi connectivity index (χ1v) is 7.15. The molecule has 4 nitrogen and oxygen atoms in total. The summed E-state index contributed by atoms with van der Waals surface area (Å²) >= 11 is 0. The van der Waals surface area contributed by atoms with E-state index in [1.165, 1.54) is 31.2 Å². The Morgan fingerprint density at radius 3 is 2.55 bits per heavy atom. The lowest BCUT2D eigenvalue weighted by Crippen LogP contribution is -2.42. The predicted molar refractivity (Wildman–Crippen MR) is 76.0 cm³/mol. The first-order valence-electron chi connectivity index (χ1n) is 7.15. The summed E-state index contributed by atoms with van der Waals surface area (Å²) in [7, 11) is 3.99. The van der Waals surface area contributed by atoms with Crippen molar-refractivity contribution in [2.24, 2.45) is 0 Å². The molecule has 5 heteroatoms. The van der Waals surface area contributed by atoms with Crippen molar-refractivity contribution >= 4 is 5.91 Å². The van der Waals surface area contributed by atoms with Crippen LogP contribution in [0.5, 0.6) is 0 Å². The van der Waals surface area contributed by atoms with Gasteiger partial charge in [0.1, 0.15) is 0 Å². The Morgan fingerprint density at radius 1 is 1.30 bits per heavy atom. The summed E-state index contributed by atoms with van der Waals surface area (Å²) in [4.78, 5) is 20.2. The highest BCUT2D eigenvalue weighted by Crippen LogP contribution is 2.24. The number of carbonyl (C=O) groups excluding carboxylic acids is 1. The van der Waals surface area contributed by atoms with Crippen molar-refractivity contribution in [3.05, 3.63) is 29.8 Å². The zero-order valence-corrected chi connectivity index (χ0v) is 12.2. The molecule has 1 amide bonds. The summed E-state index contributed by atoms with van der Waals surface area (Å²) in [6.07, 6.45) is 5.81. The minimum Gasteiger partial charge on any atom is -0.334 e. The minimum absolute atomic E-state index is 0.0359. The highest BCUT2D eigenvalue weighted by molar-refractivity contribution is 5.94. The van der Waals surface area contributed by atoms with Crippen LogP contribution in [0.15, 0.2) is 18.3 Å². The van der Waals surface area contributed by atoms with Gasteiger partial charge in [-0.1, -0.05) is 12.8 Å². The molecule has 0 spiro atoms. The Hall–Kier alpha value is -1.49. The van der Waals surface area contributed by atoms with Gasteiger partial charge in [-0.2, -0.15) is 4.39 Å². The Balaban J connectivity index is 2.11. The van der Waals surface area contributed by atoms with E-state index in [1.807, 2.05) is 19.0 Å². The third-order valence-electron chi connectivity index (χ3n) is 3.79. The van der Waals surface area contributed by atoms with Crippen LogP contribution < -0.4 is 0 Å². The van der Waals surface area contributed by atoms with Crippen LogP contribution in [0.2, 0.25) is 0 Å². The fraction of sp³-hybridized carbons (Fsp3) is 0.600. The van der Waals surface area contributed by atoms with E-state index in [2.05, 4.69) is 9.88 Å². The zero-order valence-electron chi connectivity index (χ0n) is 12.2. The van der Waals surface area contributed by atoms with Crippen LogP contribution in [0.4, 0.5) is 4.39 Å². The van der Waals surface area contributed by atoms with Crippen LogP contribution in [0, 0.1) is 5.95 Å². The Bertz CT molecular complexity index is 441. The van der Waals surface area contributed by atoms with Crippen LogP contribution in [0.25, 0.3) is 0 Å². The lowest BCUT2D eigenvalue weighted by Gasteiger charge is -2.30. The summed E-state index contributed by atoms with van der Waals surface area (Å²) in [5.74, 6) is -0.589. The average Bonchev–Trinajstić information content (AvgIpc) is 2.93. The van der Waals surface area contributed by atoms with Crippen LogP contribution >= 0.6 is 0 Å². The second-order valence-electron chi connectivity index (χ2n) is 5.61. The van der Waals surface area contributed by atoms with Crippen LogP contribution in [-0.2, 0) is 0 Å². The third-order valence-corrected chi connectivity index (χ3v) is 3.79. The molecular weight excluding hydrogens is 257 g/mol. The molecular formula is C15H22FN3O. The number of aromatic nitrogens is 1. The summed E-state index contributed by atoms with van der Waals surface area (Å²) < 4.78 is 12.9. The monoisotopic (exact) mass is 279 g/mol. The van der Waals surface area contributed by atoms with Crippen molar-refractivity contribution in [2.45, 2.75) is 31.7 Å². The van der Waals surface area contributed by atoms with Gasteiger partial charge < -0.3 is 9.80 Å². The van der Waals surface area contributed by atoms with Gasteiger partial charge in [0.15, 0.2) is 0 Å². The average molecular weight is 279 g/mol. The summed E-state index contributed by atoms with van der Waals surface area (Å²) in [6.45, 7) is 1.53. The maximum Gasteiger partial charge on any atom is 0.255 e. The number of nitrogens with zero attached hydrogens (tertiary/aromatic N) is 3. The van der Waals surface area contributed by atoms with Crippen molar-refractivity contribution in [3.63, 3.8) is 0 Å². The molecule has 1 heterocycles. The second kappa shape index (κ2) is 6.79. The van der Waals surface area contributed by atoms with E-state index in [4.69, 9.17) is 0 Å². The number of amides is 1. The van der Waals surface area contributed by atoms with Gasteiger partial charge in [0, 0.05) is 25.3 Å². The number of pyridine rings is 1. The Labute approximate surface area is 119 Å². The van der Waals surface area contributed by atoms with Crippen LogP contribution in [0.1, 0.15) is 36.0 Å². The normalized spacial score (nSPS) is 15.8. The Morgan fingerprint density at radius 2 is 2.00 bits per heavy atom. The van der Waals surface area contributed by atoms with Crippen molar-refractivity contribution in [2.75, 3.05) is 27.2 Å². The van der Waals surface area contributed by atoms with Gasteiger partial charge in [0.25, 0.3) is 5.91 Å². The summed E-state index contributed by atoms with van der Waals surface area (Å²) in [5, 5.41) is 0. The number of halogens is 1. The molecule has 0 unspecified atom stereocenters. The van der Waals surface area contributed by atoms with Gasteiger partial charge in [-0.3, -0.25) is 4.79 Å². The largest absolute Gasteiger partial charge is 0.334 e. The van der Waals surface area contributed by atoms with E-state index < -0.39 is 5.95 Å². The summed E-state index contributed by atoms with van der Waals surface area (Å²) in [6, 6.07) is 3.07. The van der Waals surface area contributed by atoms with Crippen molar-refractivity contribution in [1.82, 2.24) is 14.8 Å². The molecule has 20 heavy (non-hydrogen) atoms. The number of rotatable bonds is 5. The van der Waals surface area contributed by atoms with E-state index in [1.54, 1.807) is 0 Å². The molecule has 1 fully saturated rings. The summed E-state index contributed by atoms with van der Waals surface area (Å²) in [5.41, 5.74) is 0.469. The topological polar surface area (TPSA) is 36.4 Å². The fourth-order valence-corrected chi connectivity index (χ4v) is 2.64. The number of likely N-dealkylation sites (N-methyl/N-ethyl adjacent to an activating group) is 1. The molecule has 1 aromatic rings. The third kappa shape index (κ3) is 3.76. The molecule has 1 aliphatic carbocycles. The molecule has 0 bridgehead atoms. The smallest absolute Gasteiger partial charge is 0.255 e. The quantitative estimate of drug-likeness (QED) is 0.775. The number of carbonyl (C=O) groups is 1. The van der Waals surface area contributed by atoms with Gasteiger partial charge in [-0.05, 0) is 39.1 Å². The minimum atomic E-state index is -0.553. The SMILES string of the molecule is CN(C)CCN(C(=O)c1ccc(F)nc1)C1CCCC1. The van der Waals surface area contributed by atoms with E-state index in [0.29, 0.717) is 18.2 Å². The standard InChI is InChI=1S/C15H22FN3O/c1-18(2)9-10-19(13-5-3-4-6-13)15(20)12-7-8-14(16)17-11-12/h7-8,11,13H,3-6,9-10H2,1-2H3. The number of hydrogen-bond acceptors (Lipinski definition) is 3. The highest BCUT2D eigenvalue weighted by Gasteiger charge is 2.27. The van der Waals surface area contributed by atoms with Gasteiger partial charge in [-0.25, -0.2) is 4.98 Å². The van der Waals surface area contributed by atoms with E-state index >= 15 is 0 Å². The Kier molecular flexibility index (Phi) is 5.06. The van der Waals surface area contributed by atoms with Crippen molar-refractivity contribution in [3.8, 4) is 0 Å². The molecule has 1 aromatic heterocycles. The fourth-order valence-electron chi connectivity index (χ4n) is 2.64. The first-order chi connectivity index (χ1) is 9.58. The molecule has 0 N–H and O–H groups in total. The van der Waals surface area contributed by atoms with Crippen LogP contribution in [0.3, 0.4) is 0 Å².